The number of hydrogen-bond donors (Lipinski definition) is 2. The van der Waals surface area contributed by atoms with Crippen molar-refractivity contribution in [2.75, 3.05) is 6.54 Å². The van der Waals surface area contributed by atoms with Crippen molar-refractivity contribution in [3.8, 4) is 0 Å². The molecule has 2 N–H and O–H groups in total. The molecule has 1 aromatic carbocycles. The second-order valence-corrected chi connectivity index (χ2v) is 3.43. The predicted octanol–water partition coefficient (Wildman–Crippen LogP) is 2.08. The van der Waals surface area contributed by atoms with Gasteiger partial charge in [-0.2, -0.15) is 0 Å². The van der Waals surface area contributed by atoms with Gasteiger partial charge in [0, 0.05) is 11.1 Å². The van der Waals surface area contributed by atoms with E-state index in [0.29, 0.717) is 5.02 Å². The Labute approximate surface area is 87.7 Å². The number of halogens is 1. The SMILES string of the molecule is C[C@H](NCC(=O)O)c1ccccc1Cl. The van der Waals surface area contributed by atoms with Crippen LogP contribution in [-0.2, 0) is 4.79 Å². The maximum Gasteiger partial charge on any atom is 0.317 e. The third-order valence-corrected chi connectivity index (χ3v) is 2.28. The van der Waals surface area contributed by atoms with E-state index in [2.05, 4.69) is 5.32 Å². The van der Waals surface area contributed by atoms with Crippen molar-refractivity contribution in [2.45, 2.75) is 13.0 Å². The molecule has 14 heavy (non-hydrogen) atoms. The largest absolute Gasteiger partial charge is 0.480 e. The van der Waals surface area contributed by atoms with Gasteiger partial charge in [0.25, 0.3) is 0 Å². The van der Waals surface area contributed by atoms with Crippen LogP contribution in [0, 0.1) is 0 Å². The number of nitrogens with one attached hydrogen (secondary N) is 1. The second kappa shape index (κ2) is 4.98. The first kappa shape index (κ1) is 11.0. The van der Waals surface area contributed by atoms with E-state index in [0.717, 1.165) is 5.56 Å². The Bertz CT molecular complexity index is 328. The van der Waals surface area contributed by atoms with Crippen molar-refractivity contribution in [1.82, 2.24) is 5.32 Å². The molecule has 0 saturated carbocycles. The molecule has 0 bridgehead atoms. The molecule has 0 aromatic heterocycles. The lowest BCUT2D eigenvalue weighted by atomic mass is 10.1. The van der Waals surface area contributed by atoms with Crippen molar-refractivity contribution < 1.29 is 9.90 Å². The van der Waals surface area contributed by atoms with Crippen molar-refractivity contribution in [3.05, 3.63) is 34.9 Å². The molecule has 0 amide bonds. The third kappa shape index (κ3) is 3.01. The van der Waals surface area contributed by atoms with Crippen LogP contribution in [-0.4, -0.2) is 17.6 Å². The maximum atomic E-state index is 10.3. The van der Waals surface area contributed by atoms with Gasteiger partial charge in [-0.15, -0.1) is 0 Å². The van der Waals surface area contributed by atoms with Gasteiger partial charge in [-0.05, 0) is 18.6 Å². The number of carbonyl (C=O) groups is 1. The highest BCUT2D eigenvalue weighted by atomic mass is 35.5. The smallest absolute Gasteiger partial charge is 0.317 e. The minimum Gasteiger partial charge on any atom is -0.480 e. The van der Waals surface area contributed by atoms with Gasteiger partial charge >= 0.3 is 5.97 Å². The molecule has 0 fully saturated rings. The van der Waals surface area contributed by atoms with Crippen molar-refractivity contribution in [1.29, 1.82) is 0 Å². The molecule has 0 spiro atoms. The molecule has 0 radical (unpaired) electrons. The highest BCUT2D eigenvalue weighted by Crippen LogP contribution is 2.21. The Morgan fingerprint density at radius 3 is 2.79 bits per heavy atom. The second-order valence-electron chi connectivity index (χ2n) is 3.02. The number of benzene rings is 1. The van der Waals surface area contributed by atoms with Gasteiger partial charge in [-0.1, -0.05) is 29.8 Å². The Morgan fingerprint density at radius 1 is 1.57 bits per heavy atom. The summed E-state index contributed by atoms with van der Waals surface area (Å²) in [5.74, 6) is -0.871. The molecular weight excluding hydrogens is 202 g/mol. The van der Waals surface area contributed by atoms with Crippen molar-refractivity contribution in [3.63, 3.8) is 0 Å². The molecule has 0 unspecified atom stereocenters. The summed E-state index contributed by atoms with van der Waals surface area (Å²) in [5.41, 5.74) is 0.912. The van der Waals surface area contributed by atoms with Gasteiger partial charge in [0.2, 0.25) is 0 Å². The van der Waals surface area contributed by atoms with E-state index in [1.165, 1.54) is 0 Å². The molecule has 76 valence electrons. The quantitative estimate of drug-likeness (QED) is 0.805. The molecule has 1 aromatic rings. The fourth-order valence-corrected chi connectivity index (χ4v) is 1.48. The molecular formula is C10H12ClNO2. The number of carboxylic acid groups (broad SMARTS) is 1. The van der Waals surface area contributed by atoms with Gasteiger partial charge in [-0.3, -0.25) is 4.79 Å². The van der Waals surface area contributed by atoms with Crippen LogP contribution in [0.25, 0.3) is 0 Å². The first-order valence-corrected chi connectivity index (χ1v) is 4.68. The third-order valence-electron chi connectivity index (χ3n) is 1.93. The summed E-state index contributed by atoms with van der Waals surface area (Å²) < 4.78 is 0. The first-order valence-electron chi connectivity index (χ1n) is 4.31. The van der Waals surface area contributed by atoms with E-state index in [9.17, 15) is 4.79 Å². The van der Waals surface area contributed by atoms with Crippen LogP contribution in [0.2, 0.25) is 5.02 Å². The lowest BCUT2D eigenvalue weighted by Gasteiger charge is -2.13. The summed E-state index contributed by atoms with van der Waals surface area (Å²) >= 11 is 5.95. The van der Waals surface area contributed by atoms with Crippen molar-refractivity contribution >= 4 is 17.6 Å². The molecule has 1 rings (SSSR count). The van der Waals surface area contributed by atoms with Gasteiger partial charge in [0.1, 0.15) is 0 Å². The van der Waals surface area contributed by atoms with E-state index in [1.54, 1.807) is 6.07 Å². The Kier molecular flexibility index (Phi) is 3.92. The van der Waals surface area contributed by atoms with E-state index in [1.807, 2.05) is 25.1 Å². The minimum atomic E-state index is -0.871. The van der Waals surface area contributed by atoms with E-state index in [-0.39, 0.29) is 12.6 Å². The van der Waals surface area contributed by atoms with Crippen molar-refractivity contribution in [2.24, 2.45) is 0 Å². The fourth-order valence-electron chi connectivity index (χ4n) is 1.18. The maximum absolute atomic E-state index is 10.3. The van der Waals surface area contributed by atoms with Gasteiger partial charge in [0.05, 0.1) is 6.54 Å². The molecule has 1 atom stereocenters. The average Bonchev–Trinajstić information content (AvgIpc) is 2.15. The number of hydrogen-bond acceptors (Lipinski definition) is 2. The summed E-state index contributed by atoms with van der Waals surface area (Å²) in [5, 5.41) is 12.0. The number of rotatable bonds is 4. The van der Waals surface area contributed by atoms with Crippen LogP contribution in [0.3, 0.4) is 0 Å². The van der Waals surface area contributed by atoms with Crippen LogP contribution in [0.1, 0.15) is 18.5 Å². The van der Waals surface area contributed by atoms with Gasteiger partial charge < -0.3 is 10.4 Å². The summed E-state index contributed by atoms with van der Waals surface area (Å²) in [6.45, 7) is 1.82. The topological polar surface area (TPSA) is 49.3 Å². The number of carboxylic acids is 1. The van der Waals surface area contributed by atoms with E-state index in [4.69, 9.17) is 16.7 Å². The molecule has 0 saturated heterocycles. The van der Waals surface area contributed by atoms with Gasteiger partial charge in [-0.25, -0.2) is 0 Å². The number of aliphatic carboxylic acids is 1. The lowest BCUT2D eigenvalue weighted by Crippen LogP contribution is -2.25. The highest BCUT2D eigenvalue weighted by molar-refractivity contribution is 6.31. The zero-order valence-electron chi connectivity index (χ0n) is 7.83. The molecule has 3 nitrogen and oxygen atoms in total. The standard InChI is InChI=1S/C10H12ClNO2/c1-7(12-6-10(13)14)8-4-2-3-5-9(8)11/h2-5,7,12H,6H2,1H3,(H,13,14)/t7-/m0/s1. The summed E-state index contributed by atoms with van der Waals surface area (Å²) in [4.78, 5) is 10.3. The zero-order chi connectivity index (χ0) is 10.6. The van der Waals surface area contributed by atoms with Crippen LogP contribution in [0.4, 0.5) is 0 Å². The Morgan fingerprint density at radius 2 is 2.21 bits per heavy atom. The molecule has 0 aliphatic heterocycles. The average molecular weight is 214 g/mol. The van der Waals surface area contributed by atoms with E-state index < -0.39 is 5.97 Å². The van der Waals surface area contributed by atoms with Gasteiger partial charge in [0.15, 0.2) is 0 Å². The first-order chi connectivity index (χ1) is 6.61. The molecule has 0 aliphatic rings. The van der Waals surface area contributed by atoms with E-state index >= 15 is 0 Å². The van der Waals surface area contributed by atoms with Crippen LogP contribution in [0.5, 0.6) is 0 Å². The zero-order valence-corrected chi connectivity index (χ0v) is 8.58. The monoisotopic (exact) mass is 213 g/mol. The fraction of sp³-hybridized carbons (Fsp3) is 0.300. The molecule has 0 heterocycles. The lowest BCUT2D eigenvalue weighted by molar-refractivity contribution is -0.136. The summed E-state index contributed by atoms with van der Waals surface area (Å²) in [6.07, 6.45) is 0. The molecule has 4 heteroatoms. The Hall–Kier alpha value is -1.06. The summed E-state index contributed by atoms with van der Waals surface area (Å²) in [6, 6.07) is 7.33. The normalized spacial score (nSPS) is 12.4. The minimum absolute atomic E-state index is 0.0557. The van der Waals surface area contributed by atoms with Crippen LogP contribution >= 0.6 is 11.6 Å². The predicted molar refractivity (Wildman–Crippen MR) is 55.5 cm³/mol. The van der Waals surface area contributed by atoms with Crippen LogP contribution < -0.4 is 5.32 Å². The molecule has 0 aliphatic carbocycles. The highest BCUT2D eigenvalue weighted by Gasteiger charge is 2.09. The summed E-state index contributed by atoms with van der Waals surface area (Å²) in [7, 11) is 0. The Balaban J connectivity index is 2.65. The van der Waals surface area contributed by atoms with Crippen LogP contribution in [0.15, 0.2) is 24.3 Å².